The molecule has 0 saturated carbocycles. The minimum atomic E-state index is -0.268. The van der Waals surface area contributed by atoms with Crippen molar-refractivity contribution in [2.45, 2.75) is 25.7 Å². The molecule has 1 saturated heterocycles. The molecule has 0 bridgehead atoms. The Kier molecular flexibility index (Phi) is 5.44. The summed E-state index contributed by atoms with van der Waals surface area (Å²) >= 11 is 5.86. The average molecular weight is 310 g/mol. The van der Waals surface area contributed by atoms with Crippen LogP contribution in [0, 0.1) is 0 Å². The smallest absolute Gasteiger partial charge is 0.251 e. The van der Waals surface area contributed by atoms with Crippen LogP contribution >= 0.6 is 11.6 Å². The van der Waals surface area contributed by atoms with Crippen LogP contribution in [0.2, 0.25) is 5.02 Å². The van der Waals surface area contributed by atoms with Gasteiger partial charge in [0.2, 0.25) is 5.91 Å². The van der Waals surface area contributed by atoms with Crippen molar-refractivity contribution in [2.24, 2.45) is 0 Å². The molecule has 0 unspecified atom stereocenters. The molecule has 0 radical (unpaired) electrons. The van der Waals surface area contributed by atoms with Gasteiger partial charge in [-0.25, -0.2) is 0 Å². The van der Waals surface area contributed by atoms with Gasteiger partial charge in [-0.2, -0.15) is 0 Å². The minimum Gasteiger partial charge on any atom is -0.399 e. The summed E-state index contributed by atoms with van der Waals surface area (Å²) in [6, 6.07) is 4.70. The van der Waals surface area contributed by atoms with Gasteiger partial charge >= 0.3 is 0 Å². The first-order valence-electron chi connectivity index (χ1n) is 7.18. The van der Waals surface area contributed by atoms with Crippen LogP contribution in [0.15, 0.2) is 18.2 Å². The van der Waals surface area contributed by atoms with Gasteiger partial charge in [0.15, 0.2) is 0 Å². The van der Waals surface area contributed by atoms with E-state index in [2.05, 4.69) is 5.32 Å². The summed E-state index contributed by atoms with van der Waals surface area (Å²) in [6.45, 7) is 1.98. The van der Waals surface area contributed by atoms with Crippen LogP contribution in [0.5, 0.6) is 0 Å². The van der Waals surface area contributed by atoms with Crippen molar-refractivity contribution in [1.29, 1.82) is 0 Å². The van der Waals surface area contributed by atoms with Gasteiger partial charge in [0.25, 0.3) is 5.91 Å². The maximum atomic E-state index is 12.0. The number of benzene rings is 1. The Morgan fingerprint density at radius 2 is 1.90 bits per heavy atom. The van der Waals surface area contributed by atoms with E-state index < -0.39 is 0 Å². The van der Waals surface area contributed by atoms with E-state index in [4.69, 9.17) is 17.3 Å². The van der Waals surface area contributed by atoms with Crippen molar-refractivity contribution in [3.63, 3.8) is 0 Å². The van der Waals surface area contributed by atoms with Crippen molar-refractivity contribution in [3.8, 4) is 0 Å². The number of nitrogen functional groups attached to an aromatic ring is 1. The molecule has 1 heterocycles. The number of hydrogen-bond acceptors (Lipinski definition) is 3. The van der Waals surface area contributed by atoms with Gasteiger partial charge < -0.3 is 16.0 Å². The van der Waals surface area contributed by atoms with Crippen molar-refractivity contribution >= 4 is 29.1 Å². The zero-order chi connectivity index (χ0) is 15.2. The highest BCUT2D eigenvalue weighted by atomic mass is 35.5. The largest absolute Gasteiger partial charge is 0.399 e. The van der Waals surface area contributed by atoms with Gasteiger partial charge in [0, 0.05) is 42.3 Å². The van der Waals surface area contributed by atoms with Crippen molar-refractivity contribution in [2.75, 3.05) is 25.4 Å². The molecule has 2 rings (SSSR count). The fourth-order valence-electron chi connectivity index (χ4n) is 2.43. The third kappa shape index (κ3) is 4.63. The molecular formula is C15H20ClN3O2. The minimum absolute atomic E-state index is 0.0978. The number of piperidine rings is 1. The maximum Gasteiger partial charge on any atom is 0.251 e. The Balaban J connectivity index is 1.79. The number of likely N-dealkylation sites (tertiary alicyclic amines) is 1. The lowest BCUT2D eigenvalue weighted by Crippen LogP contribution is -2.37. The summed E-state index contributed by atoms with van der Waals surface area (Å²) in [7, 11) is 0. The summed E-state index contributed by atoms with van der Waals surface area (Å²) in [5, 5.41) is 3.14. The van der Waals surface area contributed by atoms with Crippen LogP contribution in [0.25, 0.3) is 0 Å². The van der Waals surface area contributed by atoms with Crippen LogP contribution in [-0.4, -0.2) is 36.3 Å². The van der Waals surface area contributed by atoms with Crippen LogP contribution in [0.4, 0.5) is 5.69 Å². The van der Waals surface area contributed by atoms with Crippen LogP contribution in [0.1, 0.15) is 36.0 Å². The first-order valence-corrected chi connectivity index (χ1v) is 7.56. The summed E-state index contributed by atoms with van der Waals surface area (Å²) in [6.07, 6.45) is 3.65. The standard InChI is InChI=1S/C15H20ClN3O2/c16-12-8-11(9-13(17)10-12)15(21)18-5-4-14(20)19-6-2-1-3-7-19/h8-10H,1-7,17H2,(H,18,21). The molecule has 6 heteroatoms. The summed E-state index contributed by atoms with van der Waals surface area (Å²) in [5.41, 5.74) is 6.50. The number of carbonyl (C=O) groups is 2. The van der Waals surface area contributed by atoms with Gasteiger partial charge in [-0.15, -0.1) is 0 Å². The zero-order valence-electron chi connectivity index (χ0n) is 11.9. The number of amides is 2. The van der Waals surface area contributed by atoms with Crippen molar-refractivity contribution < 1.29 is 9.59 Å². The molecule has 0 aromatic heterocycles. The lowest BCUT2D eigenvalue weighted by molar-refractivity contribution is -0.131. The predicted molar refractivity (Wildman–Crippen MR) is 83.2 cm³/mol. The Morgan fingerprint density at radius 1 is 1.19 bits per heavy atom. The van der Waals surface area contributed by atoms with Crippen molar-refractivity contribution in [3.05, 3.63) is 28.8 Å². The Labute approximate surface area is 129 Å². The molecular weight excluding hydrogens is 290 g/mol. The molecule has 1 aliphatic rings. The van der Waals surface area contributed by atoms with Crippen LogP contribution in [-0.2, 0) is 4.79 Å². The number of rotatable bonds is 4. The first-order chi connectivity index (χ1) is 10.1. The summed E-state index contributed by atoms with van der Waals surface area (Å²) in [4.78, 5) is 25.8. The van der Waals surface area contributed by atoms with E-state index >= 15 is 0 Å². The number of nitrogens with zero attached hydrogens (tertiary/aromatic N) is 1. The summed E-state index contributed by atoms with van der Waals surface area (Å²) < 4.78 is 0. The molecule has 21 heavy (non-hydrogen) atoms. The molecule has 2 amide bonds. The highest BCUT2D eigenvalue weighted by molar-refractivity contribution is 6.31. The van der Waals surface area contributed by atoms with E-state index in [9.17, 15) is 9.59 Å². The normalized spacial score (nSPS) is 14.8. The number of carbonyl (C=O) groups excluding carboxylic acids is 2. The molecule has 1 aromatic carbocycles. The van der Waals surface area contributed by atoms with Gasteiger partial charge in [-0.05, 0) is 37.5 Å². The van der Waals surface area contributed by atoms with E-state index in [0.717, 1.165) is 25.9 Å². The third-order valence-electron chi connectivity index (χ3n) is 3.52. The van der Waals surface area contributed by atoms with Gasteiger partial charge in [-0.3, -0.25) is 9.59 Å². The second-order valence-electron chi connectivity index (χ2n) is 5.22. The molecule has 114 valence electrons. The van der Waals surface area contributed by atoms with E-state index in [-0.39, 0.29) is 11.8 Å². The monoisotopic (exact) mass is 309 g/mol. The topological polar surface area (TPSA) is 75.4 Å². The predicted octanol–water partition coefficient (Wildman–Crippen LogP) is 2.05. The third-order valence-corrected chi connectivity index (χ3v) is 3.73. The molecule has 0 spiro atoms. The lowest BCUT2D eigenvalue weighted by atomic mass is 10.1. The quantitative estimate of drug-likeness (QED) is 0.836. The van der Waals surface area contributed by atoms with E-state index in [1.165, 1.54) is 6.42 Å². The number of halogens is 1. The molecule has 5 nitrogen and oxygen atoms in total. The average Bonchev–Trinajstić information content (AvgIpc) is 2.47. The summed E-state index contributed by atoms with van der Waals surface area (Å²) in [5.74, 6) is -0.170. The molecule has 1 aromatic rings. The van der Waals surface area contributed by atoms with Gasteiger partial charge in [0.05, 0.1) is 0 Å². The molecule has 0 aliphatic carbocycles. The maximum absolute atomic E-state index is 12.0. The number of anilines is 1. The fourth-order valence-corrected chi connectivity index (χ4v) is 2.67. The van der Waals surface area contributed by atoms with Crippen LogP contribution in [0.3, 0.4) is 0 Å². The molecule has 1 aliphatic heterocycles. The highest BCUT2D eigenvalue weighted by Gasteiger charge is 2.16. The van der Waals surface area contributed by atoms with Crippen molar-refractivity contribution in [1.82, 2.24) is 10.2 Å². The number of nitrogens with one attached hydrogen (secondary N) is 1. The number of nitrogens with two attached hydrogens (primary N) is 1. The molecule has 0 atom stereocenters. The Hall–Kier alpha value is -1.75. The highest BCUT2D eigenvalue weighted by Crippen LogP contribution is 2.16. The van der Waals surface area contributed by atoms with E-state index in [1.807, 2.05) is 4.90 Å². The first kappa shape index (κ1) is 15.6. The second kappa shape index (κ2) is 7.31. The van der Waals surface area contributed by atoms with Gasteiger partial charge in [-0.1, -0.05) is 11.6 Å². The van der Waals surface area contributed by atoms with E-state index in [1.54, 1.807) is 18.2 Å². The second-order valence-corrected chi connectivity index (χ2v) is 5.66. The Morgan fingerprint density at radius 3 is 2.57 bits per heavy atom. The zero-order valence-corrected chi connectivity index (χ0v) is 12.7. The number of hydrogen-bond donors (Lipinski definition) is 2. The molecule has 1 fully saturated rings. The fraction of sp³-hybridized carbons (Fsp3) is 0.467. The van der Waals surface area contributed by atoms with Crippen LogP contribution < -0.4 is 11.1 Å². The lowest BCUT2D eigenvalue weighted by Gasteiger charge is -2.26. The Bertz CT molecular complexity index is 507. The SMILES string of the molecule is Nc1cc(Cl)cc(C(=O)NCCC(=O)N2CCCCC2)c1. The van der Waals surface area contributed by atoms with E-state index in [0.29, 0.717) is 29.2 Å². The molecule has 3 N–H and O–H groups in total. The van der Waals surface area contributed by atoms with Gasteiger partial charge in [0.1, 0.15) is 0 Å².